The number of benzene rings is 2. The van der Waals surface area contributed by atoms with Crippen LogP contribution in [0.5, 0.6) is 5.75 Å². The molecule has 192 valence electrons. The third-order valence-corrected chi connectivity index (χ3v) is 9.52. The van der Waals surface area contributed by atoms with Crippen LogP contribution < -0.4 is 4.74 Å². The Labute approximate surface area is 219 Å². The zero-order valence-corrected chi connectivity index (χ0v) is 21.8. The predicted octanol–water partition coefficient (Wildman–Crippen LogP) is 5.75. The lowest BCUT2D eigenvalue weighted by atomic mass is 9.55. The molecular weight excluding hydrogens is 462 g/mol. The van der Waals surface area contributed by atoms with Gasteiger partial charge in [0.25, 0.3) is 0 Å². The number of aryl methyl sites for hydroxylation is 1. The highest BCUT2D eigenvalue weighted by Crippen LogP contribution is 2.61. The van der Waals surface area contributed by atoms with Crippen LogP contribution in [0.4, 0.5) is 0 Å². The summed E-state index contributed by atoms with van der Waals surface area (Å²) < 4.78 is 11.9. The molecule has 2 aromatic rings. The van der Waals surface area contributed by atoms with Gasteiger partial charge < -0.3 is 9.47 Å². The lowest BCUT2D eigenvalue weighted by Gasteiger charge is -2.50. The molecule has 37 heavy (non-hydrogen) atoms. The minimum absolute atomic E-state index is 0.000236. The van der Waals surface area contributed by atoms with Crippen LogP contribution in [0, 0.1) is 23.7 Å². The summed E-state index contributed by atoms with van der Waals surface area (Å²) in [6, 6.07) is 15.4. The largest absolute Gasteiger partial charge is 0.443 e. The van der Waals surface area contributed by atoms with Gasteiger partial charge in [-0.15, -0.1) is 0 Å². The second-order valence-electron chi connectivity index (χ2n) is 11.7. The molecule has 0 bridgehead atoms. The van der Waals surface area contributed by atoms with E-state index in [0.29, 0.717) is 35.6 Å². The molecule has 4 aliphatic rings. The van der Waals surface area contributed by atoms with E-state index in [0.717, 1.165) is 50.6 Å². The van der Waals surface area contributed by atoms with E-state index in [9.17, 15) is 9.59 Å². The highest BCUT2D eigenvalue weighted by Gasteiger charge is 2.56. The van der Waals surface area contributed by atoms with Gasteiger partial charge in [0, 0.05) is 5.41 Å². The predicted molar refractivity (Wildman–Crippen MR) is 142 cm³/mol. The number of rotatable bonds is 4. The highest BCUT2D eigenvalue weighted by molar-refractivity contribution is 5.91. The number of nitrogens with zero attached hydrogens (tertiary/aromatic N) is 1. The van der Waals surface area contributed by atoms with E-state index in [4.69, 9.17) is 9.47 Å². The number of carbonyl (C=O) groups excluding carboxylic acids is 2. The maximum absolute atomic E-state index is 13.0. The van der Waals surface area contributed by atoms with Crippen molar-refractivity contribution >= 4 is 11.9 Å². The maximum atomic E-state index is 13.0. The van der Waals surface area contributed by atoms with Crippen molar-refractivity contribution in [1.29, 1.82) is 0 Å². The zero-order chi connectivity index (χ0) is 25.6. The van der Waals surface area contributed by atoms with Crippen molar-refractivity contribution < 1.29 is 19.1 Å². The van der Waals surface area contributed by atoms with Crippen LogP contribution in [0.3, 0.4) is 0 Å². The van der Waals surface area contributed by atoms with Crippen molar-refractivity contribution in [3.05, 3.63) is 83.3 Å². The Hall–Kier alpha value is -3.05. The first-order valence-electron chi connectivity index (χ1n) is 13.7. The van der Waals surface area contributed by atoms with Crippen LogP contribution >= 0.6 is 0 Å². The number of fused-ring (bicyclic) bond motifs is 5. The van der Waals surface area contributed by atoms with Crippen LogP contribution in [0.25, 0.3) is 0 Å². The summed E-state index contributed by atoms with van der Waals surface area (Å²) in [5.41, 5.74) is 4.11. The summed E-state index contributed by atoms with van der Waals surface area (Å²) in [6.45, 7) is 3.90. The molecule has 0 spiro atoms. The monoisotopic (exact) mass is 498 g/mol. The molecule has 5 heteroatoms. The van der Waals surface area contributed by atoms with Crippen LogP contribution in [-0.4, -0.2) is 43.1 Å². The molecule has 5 atom stereocenters. The van der Waals surface area contributed by atoms with E-state index < -0.39 is 0 Å². The summed E-state index contributed by atoms with van der Waals surface area (Å²) in [7, 11) is 2.03. The van der Waals surface area contributed by atoms with Gasteiger partial charge in [0.05, 0.1) is 18.5 Å². The number of carbonyl (C=O) groups is 2. The second-order valence-corrected chi connectivity index (χ2v) is 11.7. The minimum Gasteiger partial charge on any atom is -0.443 e. The van der Waals surface area contributed by atoms with Gasteiger partial charge in [0.15, 0.2) is 5.57 Å². The Morgan fingerprint density at radius 1 is 1.03 bits per heavy atom. The quantitative estimate of drug-likeness (QED) is 0.305. The van der Waals surface area contributed by atoms with Crippen molar-refractivity contribution in [3.63, 3.8) is 0 Å². The van der Waals surface area contributed by atoms with Crippen molar-refractivity contribution in [3.8, 4) is 5.75 Å². The normalized spacial score (nSPS) is 30.7. The first kappa shape index (κ1) is 24.3. The molecule has 0 amide bonds. The summed E-state index contributed by atoms with van der Waals surface area (Å²) in [4.78, 5) is 27.7. The Bertz CT molecular complexity index is 1220. The third kappa shape index (κ3) is 4.48. The number of hydrogen-bond acceptors (Lipinski definition) is 5. The smallest absolute Gasteiger partial charge is 0.420 e. The fraction of sp³-hybridized carbons (Fsp3) is 0.469. The molecule has 1 heterocycles. The van der Waals surface area contributed by atoms with E-state index in [2.05, 4.69) is 24.0 Å². The highest BCUT2D eigenvalue weighted by atomic mass is 16.5. The molecule has 1 aliphatic heterocycles. The topological polar surface area (TPSA) is 55.8 Å². The van der Waals surface area contributed by atoms with E-state index >= 15 is 0 Å². The van der Waals surface area contributed by atoms with E-state index in [1.165, 1.54) is 11.1 Å². The minimum atomic E-state index is -0.317. The van der Waals surface area contributed by atoms with Gasteiger partial charge >= 0.3 is 11.9 Å². The molecule has 0 aromatic heterocycles. The SMILES string of the molecule is CN1C[CH+]C=C(C(=O)O[C@H]2CC[C@H]3[C@@H]4CCc5cc(OC(=O)c6ccccc6)ccc5[C@H]4CC[C@]23C)C1. The van der Waals surface area contributed by atoms with Crippen molar-refractivity contribution in [1.82, 2.24) is 4.90 Å². The van der Waals surface area contributed by atoms with Crippen LogP contribution in [0.15, 0.2) is 60.2 Å². The summed E-state index contributed by atoms with van der Waals surface area (Å²) in [5.74, 6) is 1.88. The van der Waals surface area contributed by atoms with Crippen LogP contribution in [-0.2, 0) is 16.0 Å². The Balaban J connectivity index is 1.15. The fourth-order valence-corrected chi connectivity index (χ4v) is 7.63. The second kappa shape index (κ2) is 9.68. The molecule has 5 nitrogen and oxygen atoms in total. The van der Waals surface area contributed by atoms with Gasteiger partial charge in [-0.2, -0.15) is 0 Å². The lowest BCUT2D eigenvalue weighted by molar-refractivity contribution is -0.153. The third-order valence-electron chi connectivity index (χ3n) is 9.52. The van der Waals surface area contributed by atoms with E-state index in [1.807, 2.05) is 43.8 Å². The molecule has 0 unspecified atom stereocenters. The molecule has 0 N–H and O–H groups in total. The van der Waals surface area contributed by atoms with Gasteiger partial charge in [0.1, 0.15) is 24.5 Å². The first-order valence-corrected chi connectivity index (χ1v) is 13.7. The van der Waals surface area contributed by atoms with Crippen molar-refractivity contribution in [2.45, 2.75) is 57.5 Å². The fourth-order valence-electron chi connectivity index (χ4n) is 7.63. The molecule has 3 aliphatic carbocycles. The molecule has 6 rings (SSSR count). The molecule has 2 aromatic carbocycles. The van der Waals surface area contributed by atoms with Gasteiger partial charge in [-0.25, -0.2) is 9.59 Å². The molecule has 2 fully saturated rings. The number of ether oxygens (including phenoxy) is 2. The van der Waals surface area contributed by atoms with Crippen molar-refractivity contribution in [2.75, 3.05) is 20.1 Å². The van der Waals surface area contributed by atoms with Crippen LogP contribution in [0.2, 0.25) is 0 Å². The number of hydrogen-bond donors (Lipinski definition) is 0. The van der Waals surface area contributed by atoms with Crippen LogP contribution in [0.1, 0.15) is 66.4 Å². The van der Waals surface area contributed by atoms with Gasteiger partial charge in [-0.3, -0.25) is 4.90 Å². The molecule has 0 saturated heterocycles. The summed E-state index contributed by atoms with van der Waals surface area (Å²) >= 11 is 0. The lowest BCUT2D eigenvalue weighted by Crippen LogP contribution is -2.45. The maximum Gasteiger partial charge on any atom is 0.420 e. The number of esters is 2. The Kier molecular flexibility index (Phi) is 6.36. The molecular formula is C32H36NO4+. The Morgan fingerprint density at radius 2 is 1.86 bits per heavy atom. The Morgan fingerprint density at radius 3 is 2.68 bits per heavy atom. The summed E-state index contributed by atoms with van der Waals surface area (Å²) in [6.07, 6.45) is 10.4. The molecule has 2 saturated carbocycles. The number of likely N-dealkylation sites (N-methyl/N-ethyl adjacent to an activating group) is 1. The standard InChI is InChI=1S/C32H36NO4/c1-32-17-16-26-25-13-11-24(36-30(34)21-7-4-3-5-8-21)19-22(25)10-12-27(26)28(32)14-15-29(32)37-31(35)23-9-6-18-33(2)20-23/h3-9,11,13,19,26-29H,10,12,14-18,20H2,1-2H3/q+1/t26-,27-,28+,29+,32+/m1/s1. The average Bonchev–Trinajstić information content (AvgIpc) is 3.24. The van der Waals surface area contributed by atoms with E-state index in [1.54, 1.807) is 12.1 Å². The van der Waals surface area contributed by atoms with Gasteiger partial charge in [0.2, 0.25) is 0 Å². The molecule has 0 radical (unpaired) electrons. The first-order chi connectivity index (χ1) is 17.9. The summed E-state index contributed by atoms with van der Waals surface area (Å²) in [5, 5.41) is 0. The van der Waals surface area contributed by atoms with E-state index in [-0.39, 0.29) is 23.5 Å². The average molecular weight is 499 g/mol. The van der Waals surface area contributed by atoms with Gasteiger partial charge in [-0.1, -0.05) is 31.2 Å². The zero-order valence-electron chi connectivity index (χ0n) is 21.8. The van der Waals surface area contributed by atoms with Gasteiger partial charge in [-0.05, 0) is 98.7 Å². The van der Waals surface area contributed by atoms with Crippen molar-refractivity contribution in [2.24, 2.45) is 17.3 Å².